The summed E-state index contributed by atoms with van der Waals surface area (Å²) in [5.74, 6) is -0.970. The highest BCUT2D eigenvalue weighted by atomic mass is 35.5. The van der Waals surface area contributed by atoms with E-state index in [0.29, 0.717) is 11.1 Å². The molecule has 1 N–H and O–H groups in total. The van der Waals surface area contributed by atoms with Crippen molar-refractivity contribution in [3.05, 3.63) is 28.8 Å². The number of rotatable bonds is 2. The molecule has 0 heterocycles. The molecule has 0 aliphatic heterocycles. The summed E-state index contributed by atoms with van der Waals surface area (Å²) in [5.41, 5.74) is 0.919. The van der Waals surface area contributed by atoms with Gasteiger partial charge in [0.1, 0.15) is 0 Å². The predicted octanol–water partition coefficient (Wildman–Crippen LogP) is 2.28. The zero-order chi connectivity index (χ0) is 10.7. The summed E-state index contributed by atoms with van der Waals surface area (Å²) in [6.45, 7) is 0. The molecule has 0 amide bonds. The van der Waals surface area contributed by atoms with Gasteiger partial charge in [-0.15, -0.1) is 24.2 Å². The average Bonchev–Trinajstić information content (AvgIpc) is 2.16. The molecule has 0 radical (unpaired) electrons. The van der Waals surface area contributed by atoms with Gasteiger partial charge >= 0.3 is 5.97 Å². The number of alkyl halides is 1. The minimum Gasteiger partial charge on any atom is -0.478 e. The number of aromatic carboxylic acids is 1. The Morgan fingerprint density at radius 1 is 1.64 bits per heavy atom. The van der Waals surface area contributed by atoms with Crippen LogP contribution in [0.3, 0.4) is 0 Å². The van der Waals surface area contributed by atoms with Crippen molar-refractivity contribution in [1.82, 2.24) is 0 Å². The third-order valence-corrected chi connectivity index (χ3v) is 2.37. The summed E-state index contributed by atoms with van der Waals surface area (Å²) in [5, 5.41) is 17.5. The van der Waals surface area contributed by atoms with E-state index in [1.807, 2.05) is 6.07 Å². The van der Waals surface area contributed by atoms with E-state index in [2.05, 4.69) is 12.6 Å². The maximum Gasteiger partial charge on any atom is 0.336 e. The van der Waals surface area contributed by atoms with Gasteiger partial charge in [-0.05, 0) is 17.7 Å². The third-order valence-electron chi connectivity index (χ3n) is 1.72. The minimum atomic E-state index is -1.08. The van der Waals surface area contributed by atoms with Crippen LogP contribution in [0, 0.1) is 11.3 Å². The zero-order valence-corrected chi connectivity index (χ0v) is 8.64. The maximum atomic E-state index is 10.7. The van der Waals surface area contributed by atoms with Gasteiger partial charge in [-0.25, -0.2) is 4.79 Å². The molecule has 3 nitrogen and oxygen atoms in total. The van der Waals surface area contributed by atoms with Crippen LogP contribution in [-0.4, -0.2) is 11.1 Å². The molecular formula is C9H6ClNO2S. The highest BCUT2D eigenvalue weighted by Crippen LogP contribution is 2.21. The van der Waals surface area contributed by atoms with Gasteiger partial charge in [-0.3, -0.25) is 0 Å². The van der Waals surface area contributed by atoms with E-state index in [4.69, 9.17) is 22.0 Å². The fourth-order valence-corrected chi connectivity index (χ4v) is 1.53. The van der Waals surface area contributed by atoms with Crippen molar-refractivity contribution in [2.75, 3.05) is 0 Å². The van der Waals surface area contributed by atoms with Gasteiger partial charge < -0.3 is 5.11 Å². The fourth-order valence-electron chi connectivity index (χ4n) is 1.02. The van der Waals surface area contributed by atoms with Gasteiger partial charge in [-0.1, -0.05) is 0 Å². The second kappa shape index (κ2) is 4.36. The Labute approximate surface area is 91.3 Å². The molecule has 14 heavy (non-hydrogen) atoms. The van der Waals surface area contributed by atoms with E-state index in [-0.39, 0.29) is 16.3 Å². The molecule has 5 heteroatoms. The normalized spacial score (nSPS) is 9.50. The van der Waals surface area contributed by atoms with Crippen LogP contribution in [0.2, 0.25) is 0 Å². The number of hydrogen-bond donors (Lipinski definition) is 2. The number of carboxylic acids is 1. The molecule has 0 saturated heterocycles. The molecule has 1 rings (SSSR count). The number of halogens is 1. The summed E-state index contributed by atoms with van der Waals surface area (Å²) >= 11 is 9.54. The Hall–Kier alpha value is -1.18. The van der Waals surface area contributed by atoms with Crippen LogP contribution in [0.25, 0.3) is 0 Å². The van der Waals surface area contributed by atoms with Crippen LogP contribution >= 0.6 is 24.2 Å². The Morgan fingerprint density at radius 3 is 2.71 bits per heavy atom. The van der Waals surface area contributed by atoms with E-state index >= 15 is 0 Å². The van der Waals surface area contributed by atoms with E-state index in [9.17, 15) is 4.79 Å². The Balaban J connectivity index is 3.39. The molecule has 72 valence electrons. The lowest BCUT2D eigenvalue weighted by molar-refractivity contribution is 0.0693. The number of nitrogens with zero attached hydrogens (tertiary/aromatic N) is 1. The summed E-state index contributed by atoms with van der Waals surface area (Å²) in [6.07, 6.45) is 0. The maximum absolute atomic E-state index is 10.7. The van der Waals surface area contributed by atoms with Gasteiger partial charge in [0.15, 0.2) is 0 Å². The number of hydrogen-bond acceptors (Lipinski definition) is 3. The Morgan fingerprint density at radius 2 is 2.29 bits per heavy atom. The van der Waals surface area contributed by atoms with Crippen LogP contribution in [0.1, 0.15) is 21.5 Å². The molecule has 0 aromatic heterocycles. The van der Waals surface area contributed by atoms with Crippen molar-refractivity contribution >= 4 is 30.2 Å². The van der Waals surface area contributed by atoms with Gasteiger partial charge in [-0.2, -0.15) is 5.26 Å². The number of carbonyl (C=O) groups is 1. The van der Waals surface area contributed by atoms with Gasteiger partial charge in [0, 0.05) is 10.8 Å². The highest BCUT2D eigenvalue weighted by molar-refractivity contribution is 7.80. The molecular weight excluding hydrogens is 222 g/mol. The van der Waals surface area contributed by atoms with Crippen LogP contribution in [-0.2, 0) is 5.88 Å². The number of thiol groups is 1. The van der Waals surface area contributed by atoms with Crippen molar-refractivity contribution in [1.29, 1.82) is 5.26 Å². The first-order valence-corrected chi connectivity index (χ1v) is 4.63. The Kier molecular flexibility index (Phi) is 3.39. The van der Waals surface area contributed by atoms with Crippen LogP contribution in [0.15, 0.2) is 17.0 Å². The third kappa shape index (κ3) is 2.00. The summed E-state index contributed by atoms with van der Waals surface area (Å²) < 4.78 is 0. The van der Waals surface area contributed by atoms with Crippen molar-refractivity contribution in [3.8, 4) is 6.07 Å². The lowest BCUT2D eigenvalue weighted by Gasteiger charge is -2.04. The van der Waals surface area contributed by atoms with E-state index < -0.39 is 5.97 Å². The SMILES string of the molecule is N#Cc1cc(S)c(C(=O)O)cc1CCl. The quantitative estimate of drug-likeness (QED) is 0.602. The molecule has 1 aromatic carbocycles. The average molecular weight is 228 g/mol. The molecule has 0 unspecified atom stereocenters. The van der Waals surface area contributed by atoms with Crippen molar-refractivity contribution < 1.29 is 9.90 Å². The molecule has 1 aromatic rings. The highest BCUT2D eigenvalue weighted by Gasteiger charge is 2.12. The topological polar surface area (TPSA) is 61.1 Å². The van der Waals surface area contributed by atoms with Gasteiger partial charge in [0.2, 0.25) is 0 Å². The number of benzene rings is 1. The second-order valence-electron chi connectivity index (χ2n) is 2.58. The standard InChI is InChI=1S/C9H6ClNO2S/c10-3-5-1-7(9(12)13)8(14)2-6(5)4-11/h1-2,14H,3H2,(H,12,13). The first-order valence-electron chi connectivity index (χ1n) is 3.65. The first kappa shape index (κ1) is 10.9. The van der Waals surface area contributed by atoms with E-state index in [1.165, 1.54) is 12.1 Å². The molecule has 0 spiro atoms. The van der Waals surface area contributed by atoms with Gasteiger partial charge in [0.25, 0.3) is 0 Å². The number of carboxylic acid groups (broad SMARTS) is 1. The smallest absolute Gasteiger partial charge is 0.336 e. The molecule has 0 atom stereocenters. The van der Waals surface area contributed by atoms with Crippen LogP contribution < -0.4 is 0 Å². The molecule has 0 aliphatic rings. The summed E-state index contributed by atoms with van der Waals surface area (Å²) in [6, 6.07) is 4.71. The summed E-state index contributed by atoms with van der Waals surface area (Å²) in [7, 11) is 0. The van der Waals surface area contributed by atoms with Crippen molar-refractivity contribution in [2.45, 2.75) is 10.8 Å². The Bertz CT molecular complexity index is 426. The van der Waals surface area contributed by atoms with E-state index in [1.54, 1.807) is 0 Å². The lowest BCUT2D eigenvalue weighted by Crippen LogP contribution is -2.00. The molecule has 0 fully saturated rings. The predicted molar refractivity (Wildman–Crippen MR) is 54.9 cm³/mol. The van der Waals surface area contributed by atoms with Crippen LogP contribution in [0.4, 0.5) is 0 Å². The zero-order valence-electron chi connectivity index (χ0n) is 6.99. The van der Waals surface area contributed by atoms with Crippen molar-refractivity contribution in [2.24, 2.45) is 0 Å². The number of nitriles is 1. The lowest BCUT2D eigenvalue weighted by atomic mass is 10.1. The largest absolute Gasteiger partial charge is 0.478 e. The molecule has 0 aliphatic carbocycles. The molecule has 0 saturated carbocycles. The summed E-state index contributed by atoms with van der Waals surface area (Å²) in [4.78, 5) is 11.0. The molecule has 0 bridgehead atoms. The monoisotopic (exact) mass is 227 g/mol. The van der Waals surface area contributed by atoms with Crippen molar-refractivity contribution in [3.63, 3.8) is 0 Å². The fraction of sp³-hybridized carbons (Fsp3) is 0.111. The van der Waals surface area contributed by atoms with E-state index in [0.717, 1.165) is 0 Å². The minimum absolute atomic E-state index is 0.0583. The van der Waals surface area contributed by atoms with Gasteiger partial charge in [0.05, 0.1) is 17.2 Å². The second-order valence-corrected chi connectivity index (χ2v) is 3.33. The van der Waals surface area contributed by atoms with Crippen LogP contribution in [0.5, 0.6) is 0 Å². The first-order chi connectivity index (χ1) is 6.60.